The monoisotopic (exact) mass is 392 g/mol. The number of benzene rings is 2. The van der Waals surface area contributed by atoms with Crippen LogP contribution in [-0.4, -0.2) is 25.9 Å². The maximum absolute atomic E-state index is 12.8. The number of anilines is 1. The number of nitrogens with one attached hydrogen (secondary N) is 1. The van der Waals surface area contributed by atoms with Crippen molar-refractivity contribution < 1.29 is 4.79 Å². The van der Waals surface area contributed by atoms with Crippen molar-refractivity contribution in [2.75, 3.05) is 5.32 Å². The maximum atomic E-state index is 12.8. The van der Waals surface area contributed by atoms with Gasteiger partial charge in [0, 0.05) is 17.3 Å². The normalized spacial score (nSPS) is 14.7. The van der Waals surface area contributed by atoms with E-state index >= 15 is 0 Å². The van der Waals surface area contributed by atoms with Crippen LogP contribution in [0.5, 0.6) is 0 Å². The van der Waals surface area contributed by atoms with Gasteiger partial charge in [0.1, 0.15) is 5.82 Å². The summed E-state index contributed by atoms with van der Waals surface area (Å²) >= 11 is 1.45. The highest BCUT2D eigenvalue weighted by Gasteiger charge is 2.31. The molecule has 6 heteroatoms. The molecule has 28 heavy (non-hydrogen) atoms. The van der Waals surface area contributed by atoms with Gasteiger partial charge >= 0.3 is 0 Å². The van der Waals surface area contributed by atoms with Crippen molar-refractivity contribution in [2.24, 2.45) is 0 Å². The number of hydrogen-bond donors (Lipinski definition) is 1. The van der Waals surface area contributed by atoms with Crippen LogP contribution in [0.2, 0.25) is 0 Å². The van der Waals surface area contributed by atoms with E-state index in [2.05, 4.69) is 32.2 Å². The van der Waals surface area contributed by atoms with E-state index < -0.39 is 0 Å². The van der Waals surface area contributed by atoms with Crippen LogP contribution in [0.4, 0.5) is 5.69 Å². The van der Waals surface area contributed by atoms with Crippen molar-refractivity contribution in [1.29, 1.82) is 0 Å². The molecular formula is C22H24N4OS. The maximum Gasteiger partial charge on any atom is 0.237 e. The predicted octanol–water partition coefficient (Wildman–Crippen LogP) is 4.88. The number of carbonyl (C=O) groups is 1. The van der Waals surface area contributed by atoms with E-state index in [9.17, 15) is 4.79 Å². The molecule has 4 rings (SSSR count). The average Bonchev–Trinajstić information content (AvgIpc) is 3.46. The summed E-state index contributed by atoms with van der Waals surface area (Å²) in [6.07, 6.45) is 2.30. The third-order valence-corrected chi connectivity index (χ3v) is 5.96. The number of rotatable bonds is 6. The second-order valence-corrected chi connectivity index (χ2v) is 8.66. The molecule has 0 radical (unpaired) electrons. The highest BCUT2D eigenvalue weighted by molar-refractivity contribution is 8.00. The largest absolute Gasteiger partial charge is 0.325 e. The third kappa shape index (κ3) is 3.97. The van der Waals surface area contributed by atoms with E-state index in [4.69, 9.17) is 0 Å². The van der Waals surface area contributed by atoms with Crippen molar-refractivity contribution in [3.05, 3.63) is 65.5 Å². The highest BCUT2D eigenvalue weighted by atomic mass is 32.2. The van der Waals surface area contributed by atoms with Crippen LogP contribution in [0.15, 0.2) is 53.7 Å². The number of carbonyl (C=O) groups excluding carboxylic acids is 1. The Labute approximate surface area is 169 Å². The van der Waals surface area contributed by atoms with Crippen LogP contribution in [-0.2, 0) is 4.79 Å². The Kier molecular flexibility index (Phi) is 5.22. The van der Waals surface area contributed by atoms with Crippen LogP contribution in [0.3, 0.4) is 0 Å². The lowest BCUT2D eigenvalue weighted by atomic mass is 10.1. The quantitative estimate of drug-likeness (QED) is 0.607. The van der Waals surface area contributed by atoms with E-state index in [1.165, 1.54) is 11.8 Å². The molecule has 0 spiro atoms. The van der Waals surface area contributed by atoms with Crippen molar-refractivity contribution in [2.45, 2.75) is 49.9 Å². The number of aromatic nitrogens is 3. The fourth-order valence-corrected chi connectivity index (χ4v) is 3.97. The second kappa shape index (κ2) is 7.80. The number of aryl methyl sites for hydroxylation is 2. The molecule has 0 unspecified atom stereocenters. The molecular weight excluding hydrogens is 368 g/mol. The minimum Gasteiger partial charge on any atom is -0.325 e. The standard InChI is InChI=1S/C22H24N4OS/c1-14-9-10-15(2)19(13-14)23-21(27)16(3)28-22-25-24-20(17-11-12-17)26(22)18-7-5-4-6-8-18/h4-10,13,16-17H,11-12H2,1-3H3,(H,23,27)/t16-/m0/s1. The van der Waals surface area contributed by atoms with E-state index in [1.54, 1.807) is 0 Å². The van der Waals surface area contributed by atoms with Gasteiger partial charge < -0.3 is 5.32 Å². The summed E-state index contributed by atoms with van der Waals surface area (Å²) in [6, 6.07) is 16.2. The molecule has 1 N–H and O–H groups in total. The summed E-state index contributed by atoms with van der Waals surface area (Å²) in [5, 5.41) is 12.4. The molecule has 5 nitrogen and oxygen atoms in total. The molecule has 0 aliphatic heterocycles. The summed E-state index contributed by atoms with van der Waals surface area (Å²) in [4.78, 5) is 12.8. The number of para-hydroxylation sites is 1. The van der Waals surface area contributed by atoms with Crippen molar-refractivity contribution in [1.82, 2.24) is 14.8 Å². The molecule has 1 aliphatic rings. The lowest BCUT2D eigenvalue weighted by Crippen LogP contribution is -2.23. The van der Waals surface area contributed by atoms with Gasteiger partial charge in [0.25, 0.3) is 0 Å². The van der Waals surface area contributed by atoms with Crippen LogP contribution in [0.1, 0.15) is 42.6 Å². The summed E-state index contributed by atoms with van der Waals surface area (Å²) in [6.45, 7) is 5.93. The van der Waals surface area contributed by atoms with Gasteiger partial charge in [-0.05, 0) is 62.9 Å². The number of amides is 1. The van der Waals surface area contributed by atoms with Crippen molar-refractivity contribution >= 4 is 23.4 Å². The van der Waals surface area contributed by atoms with E-state index in [-0.39, 0.29) is 11.2 Å². The van der Waals surface area contributed by atoms with Crippen LogP contribution in [0, 0.1) is 13.8 Å². The summed E-state index contributed by atoms with van der Waals surface area (Å²) in [5.74, 6) is 1.44. The third-order valence-electron chi connectivity index (χ3n) is 4.92. The Hall–Kier alpha value is -2.60. The van der Waals surface area contributed by atoms with Gasteiger partial charge in [-0.15, -0.1) is 10.2 Å². The van der Waals surface area contributed by atoms with Gasteiger partial charge in [-0.2, -0.15) is 0 Å². The van der Waals surface area contributed by atoms with Crippen LogP contribution in [0.25, 0.3) is 5.69 Å². The number of thioether (sulfide) groups is 1. The van der Waals surface area contributed by atoms with Gasteiger partial charge in [0.2, 0.25) is 5.91 Å². The smallest absolute Gasteiger partial charge is 0.237 e. The van der Waals surface area contributed by atoms with E-state index in [0.29, 0.717) is 5.92 Å². The molecule has 0 bridgehead atoms. The summed E-state index contributed by atoms with van der Waals surface area (Å²) in [5.41, 5.74) is 4.08. The highest BCUT2D eigenvalue weighted by Crippen LogP contribution is 2.41. The molecule has 1 amide bonds. The first-order valence-electron chi connectivity index (χ1n) is 9.58. The molecule has 1 saturated carbocycles. The Balaban J connectivity index is 1.55. The lowest BCUT2D eigenvalue weighted by Gasteiger charge is -2.15. The minimum absolute atomic E-state index is 0.0331. The fraction of sp³-hybridized carbons (Fsp3) is 0.318. The molecule has 3 aromatic rings. The lowest BCUT2D eigenvalue weighted by molar-refractivity contribution is -0.115. The van der Waals surface area contributed by atoms with Gasteiger partial charge in [0.15, 0.2) is 5.16 Å². The van der Waals surface area contributed by atoms with Gasteiger partial charge in [0.05, 0.1) is 5.25 Å². The van der Waals surface area contributed by atoms with Gasteiger partial charge in [-0.3, -0.25) is 9.36 Å². The zero-order valence-corrected chi connectivity index (χ0v) is 17.2. The first kappa shape index (κ1) is 18.7. The first-order valence-corrected chi connectivity index (χ1v) is 10.5. The number of hydrogen-bond acceptors (Lipinski definition) is 4. The fourth-order valence-electron chi connectivity index (χ4n) is 3.10. The zero-order chi connectivity index (χ0) is 19.7. The second-order valence-electron chi connectivity index (χ2n) is 7.35. The number of nitrogens with zero attached hydrogens (tertiary/aromatic N) is 3. The molecule has 1 aliphatic carbocycles. The summed E-state index contributed by atoms with van der Waals surface area (Å²) in [7, 11) is 0. The van der Waals surface area contributed by atoms with Gasteiger partial charge in [-0.1, -0.05) is 42.1 Å². The van der Waals surface area contributed by atoms with Crippen molar-refractivity contribution in [3.63, 3.8) is 0 Å². The molecule has 1 atom stereocenters. The Bertz CT molecular complexity index is 995. The topological polar surface area (TPSA) is 59.8 Å². The minimum atomic E-state index is -0.293. The molecule has 1 fully saturated rings. The summed E-state index contributed by atoms with van der Waals surface area (Å²) < 4.78 is 2.10. The SMILES string of the molecule is Cc1ccc(C)c(NC(=O)[C@H](C)Sc2nnc(C3CC3)n2-c2ccccc2)c1. The molecule has 2 aromatic carbocycles. The van der Waals surface area contributed by atoms with Crippen LogP contribution < -0.4 is 5.32 Å². The van der Waals surface area contributed by atoms with Gasteiger partial charge in [-0.25, -0.2) is 0 Å². The first-order chi connectivity index (χ1) is 13.5. The average molecular weight is 393 g/mol. The zero-order valence-electron chi connectivity index (χ0n) is 16.3. The Morgan fingerprint density at radius 2 is 1.89 bits per heavy atom. The molecule has 0 saturated heterocycles. The molecule has 1 aromatic heterocycles. The molecule has 144 valence electrons. The Morgan fingerprint density at radius 1 is 1.14 bits per heavy atom. The Morgan fingerprint density at radius 3 is 2.61 bits per heavy atom. The van der Waals surface area contributed by atoms with E-state index in [0.717, 1.165) is 46.3 Å². The van der Waals surface area contributed by atoms with Crippen LogP contribution >= 0.6 is 11.8 Å². The van der Waals surface area contributed by atoms with Crippen molar-refractivity contribution in [3.8, 4) is 5.69 Å². The van der Waals surface area contributed by atoms with E-state index in [1.807, 2.05) is 57.2 Å². The molecule has 1 heterocycles. The predicted molar refractivity (Wildman–Crippen MR) is 113 cm³/mol.